The first-order valence-electron chi connectivity index (χ1n) is 8.88. The van der Waals surface area contributed by atoms with Crippen molar-refractivity contribution in [3.8, 4) is 0 Å². The average molecular weight is 332 g/mol. The van der Waals surface area contributed by atoms with Crippen LogP contribution in [0.4, 0.5) is 4.79 Å². The molecule has 2 unspecified atom stereocenters. The van der Waals surface area contributed by atoms with Crippen LogP contribution in [0.1, 0.15) is 58.4 Å². The number of aromatic nitrogens is 1. The normalized spacial score (nSPS) is 30.1. The molecule has 1 aromatic heterocycles. The highest BCUT2D eigenvalue weighted by molar-refractivity contribution is 5.69. The van der Waals surface area contributed by atoms with Crippen molar-refractivity contribution in [2.75, 3.05) is 0 Å². The van der Waals surface area contributed by atoms with Crippen LogP contribution >= 0.6 is 0 Å². The van der Waals surface area contributed by atoms with E-state index in [9.17, 15) is 9.90 Å². The fraction of sp³-hybridized carbons (Fsp3) is 0.684. The van der Waals surface area contributed by atoms with Gasteiger partial charge in [0, 0.05) is 30.9 Å². The van der Waals surface area contributed by atoms with Gasteiger partial charge in [-0.2, -0.15) is 0 Å². The number of carbonyl (C=O) groups excluding carboxylic acids is 1. The second kappa shape index (κ2) is 6.36. The Balaban J connectivity index is 1.74. The van der Waals surface area contributed by atoms with Gasteiger partial charge < -0.3 is 14.7 Å². The Hall–Kier alpha value is -1.62. The first kappa shape index (κ1) is 17.2. The number of hydrogen-bond acceptors (Lipinski definition) is 4. The second-order valence-corrected chi connectivity index (χ2v) is 8.30. The van der Waals surface area contributed by atoms with Crippen LogP contribution in [0.5, 0.6) is 0 Å². The van der Waals surface area contributed by atoms with Crippen molar-refractivity contribution >= 4 is 6.09 Å². The van der Waals surface area contributed by atoms with Gasteiger partial charge in [-0.05, 0) is 64.5 Å². The Morgan fingerprint density at radius 1 is 1.38 bits per heavy atom. The first-order chi connectivity index (χ1) is 11.3. The number of hydrogen-bond donors (Lipinski definition) is 1. The van der Waals surface area contributed by atoms with Gasteiger partial charge in [0.1, 0.15) is 5.60 Å². The zero-order valence-electron chi connectivity index (χ0n) is 14.9. The van der Waals surface area contributed by atoms with Gasteiger partial charge in [0.25, 0.3) is 0 Å². The minimum atomic E-state index is -0.767. The van der Waals surface area contributed by atoms with E-state index < -0.39 is 11.2 Å². The third-order valence-electron chi connectivity index (χ3n) is 4.95. The summed E-state index contributed by atoms with van der Waals surface area (Å²) in [6.45, 7) is 5.68. The molecule has 0 saturated carbocycles. The Morgan fingerprint density at radius 3 is 2.58 bits per heavy atom. The molecule has 5 heteroatoms. The van der Waals surface area contributed by atoms with Crippen molar-refractivity contribution in [2.24, 2.45) is 0 Å². The maximum absolute atomic E-state index is 12.6. The SMILES string of the molecule is CC(C)(C)OC(=O)N1C2CCCC1CC(O)(Cc1cccnc1)C2. The van der Waals surface area contributed by atoms with Crippen LogP contribution in [-0.4, -0.2) is 44.4 Å². The van der Waals surface area contributed by atoms with Crippen LogP contribution in [0.2, 0.25) is 0 Å². The van der Waals surface area contributed by atoms with Crippen LogP contribution in [0.25, 0.3) is 0 Å². The van der Waals surface area contributed by atoms with Crippen molar-refractivity contribution < 1.29 is 14.6 Å². The highest BCUT2D eigenvalue weighted by Gasteiger charge is 2.48. The van der Waals surface area contributed by atoms with E-state index in [1.807, 2.05) is 44.0 Å². The summed E-state index contributed by atoms with van der Waals surface area (Å²) >= 11 is 0. The summed E-state index contributed by atoms with van der Waals surface area (Å²) in [6, 6.07) is 4.03. The number of amides is 1. The largest absolute Gasteiger partial charge is 0.444 e. The van der Waals surface area contributed by atoms with Crippen LogP contribution < -0.4 is 0 Å². The molecular formula is C19H28N2O3. The number of pyridine rings is 1. The fourth-order valence-electron chi connectivity index (χ4n) is 4.17. The molecule has 5 nitrogen and oxygen atoms in total. The molecule has 2 saturated heterocycles. The van der Waals surface area contributed by atoms with E-state index in [4.69, 9.17) is 4.74 Å². The third-order valence-corrected chi connectivity index (χ3v) is 4.95. The number of aliphatic hydroxyl groups is 1. The molecule has 2 fully saturated rings. The standard InChI is InChI=1S/C19H28N2O3/c1-18(2,3)24-17(22)21-15-7-4-8-16(21)12-19(23,11-15)10-14-6-5-9-20-13-14/h5-6,9,13,15-16,23H,4,7-8,10-12H2,1-3H3. The van der Waals surface area contributed by atoms with Gasteiger partial charge in [0.2, 0.25) is 0 Å². The predicted octanol–water partition coefficient (Wildman–Crippen LogP) is 3.31. The lowest BCUT2D eigenvalue weighted by Crippen LogP contribution is -2.61. The molecule has 2 aliphatic rings. The Kier molecular flexibility index (Phi) is 4.56. The quantitative estimate of drug-likeness (QED) is 0.902. The topological polar surface area (TPSA) is 62.7 Å². The molecule has 1 aromatic rings. The summed E-state index contributed by atoms with van der Waals surface area (Å²) in [5, 5.41) is 11.2. The van der Waals surface area contributed by atoms with Crippen LogP contribution in [0, 0.1) is 0 Å². The Morgan fingerprint density at radius 2 is 2.04 bits per heavy atom. The molecule has 2 bridgehead atoms. The van der Waals surface area contributed by atoms with Gasteiger partial charge in [-0.3, -0.25) is 4.98 Å². The predicted molar refractivity (Wildman–Crippen MR) is 91.6 cm³/mol. The first-order valence-corrected chi connectivity index (χ1v) is 8.88. The molecule has 3 rings (SSSR count). The monoisotopic (exact) mass is 332 g/mol. The highest BCUT2D eigenvalue weighted by Crippen LogP contribution is 2.41. The number of rotatable bonds is 2. The highest BCUT2D eigenvalue weighted by atomic mass is 16.6. The summed E-state index contributed by atoms with van der Waals surface area (Å²) in [4.78, 5) is 18.6. The molecule has 0 aliphatic carbocycles. The van der Waals surface area contributed by atoms with Crippen LogP contribution in [-0.2, 0) is 11.2 Å². The molecule has 132 valence electrons. The summed E-state index contributed by atoms with van der Waals surface area (Å²) < 4.78 is 5.60. The molecular weight excluding hydrogens is 304 g/mol. The average Bonchev–Trinajstić information content (AvgIpc) is 2.45. The van der Waals surface area contributed by atoms with Crippen molar-refractivity contribution in [3.05, 3.63) is 30.1 Å². The molecule has 2 aliphatic heterocycles. The van der Waals surface area contributed by atoms with Gasteiger partial charge in [-0.1, -0.05) is 6.07 Å². The molecule has 0 aromatic carbocycles. The van der Waals surface area contributed by atoms with Gasteiger partial charge in [0.15, 0.2) is 0 Å². The summed E-state index contributed by atoms with van der Waals surface area (Å²) in [5.41, 5.74) is -0.213. The molecule has 2 atom stereocenters. The third kappa shape index (κ3) is 3.89. The van der Waals surface area contributed by atoms with Crippen molar-refractivity contribution in [1.82, 2.24) is 9.88 Å². The molecule has 0 spiro atoms. The Labute approximate surface area is 144 Å². The van der Waals surface area contributed by atoms with Crippen LogP contribution in [0.15, 0.2) is 24.5 Å². The lowest BCUT2D eigenvalue weighted by molar-refractivity contribution is -0.0919. The zero-order valence-corrected chi connectivity index (χ0v) is 14.9. The Bertz CT molecular complexity index is 568. The minimum Gasteiger partial charge on any atom is -0.444 e. The molecule has 3 heterocycles. The molecule has 24 heavy (non-hydrogen) atoms. The van der Waals surface area contributed by atoms with Crippen LogP contribution in [0.3, 0.4) is 0 Å². The van der Waals surface area contributed by atoms with Crippen molar-refractivity contribution in [1.29, 1.82) is 0 Å². The van der Waals surface area contributed by atoms with Gasteiger partial charge >= 0.3 is 6.09 Å². The van der Waals surface area contributed by atoms with E-state index in [0.717, 1.165) is 24.8 Å². The van der Waals surface area contributed by atoms with E-state index in [1.165, 1.54) is 0 Å². The fourth-order valence-corrected chi connectivity index (χ4v) is 4.17. The maximum atomic E-state index is 12.6. The minimum absolute atomic E-state index is 0.0639. The summed E-state index contributed by atoms with van der Waals surface area (Å²) in [6.07, 6.45) is 8.11. The molecule has 1 amide bonds. The van der Waals surface area contributed by atoms with Gasteiger partial charge in [-0.15, -0.1) is 0 Å². The number of nitrogens with zero attached hydrogens (tertiary/aromatic N) is 2. The molecule has 0 radical (unpaired) electrons. The van der Waals surface area contributed by atoms with E-state index in [2.05, 4.69) is 4.98 Å². The van der Waals surface area contributed by atoms with E-state index in [1.54, 1.807) is 6.20 Å². The number of piperidine rings is 2. The second-order valence-electron chi connectivity index (χ2n) is 8.30. The number of fused-ring (bicyclic) bond motifs is 2. The van der Waals surface area contributed by atoms with Gasteiger partial charge in [0.05, 0.1) is 5.60 Å². The number of carbonyl (C=O) groups is 1. The summed E-state index contributed by atoms with van der Waals surface area (Å²) in [7, 11) is 0. The van der Waals surface area contributed by atoms with E-state index in [0.29, 0.717) is 19.3 Å². The van der Waals surface area contributed by atoms with E-state index in [-0.39, 0.29) is 18.2 Å². The number of ether oxygens (including phenoxy) is 1. The van der Waals surface area contributed by atoms with E-state index >= 15 is 0 Å². The summed E-state index contributed by atoms with van der Waals surface area (Å²) in [5.74, 6) is 0. The smallest absolute Gasteiger partial charge is 0.410 e. The van der Waals surface area contributed by atoms with Crippen molar-refractivity contribution in [2.45, 2.75) is 82.6 Å². The maximum Gasteiger partial charge on any atom is 0.410 e. The molecule has 1 N–H and O–H groups in total. The van der Waals surface area contributed by atoms with Gasteiger partial charge in [-0.25, -0.2) is 4.79 Å². The lowest BCUT2D eigenvalue weighted by Gasteiger charge is -2.51. The lowest BCUT2D eigenvalue weighted by atomic mass is 9.73. The van der Waals surface area contributed by atoms with Crippen molar-refractivity contribution in [3.63, 3.8) is 0 Å². The zero-order chi connectivity index (χ0) is 17.4.